The number of carbonyl (C=O) groups is 3. The van der Waals surface area contributed by atoms with Crippen LogP contribution in [0.3, 0.4) is 0 Å². The maximum atomic E-state index is 13.3. The number of hydrogen-bond donors (Lipinski definition) is 1. The number of ether oxygens (including phenoxy) is 1. The summed E-state index contributed by atoms with van der Waals surface area (Å²) < 4.78 is 10.2. The van der Waals surface area contributed by atoms with Crippen LogP contribution in [0.15, 0.2) is 53.1 Å². The average Bonchev–Trinajstić information content (AvgIpc) is 3.39. The highest BCUT2D eigenvalue weighted by Gasteiger charge is 2.25. The van der Waals surface area contributed by atoms with Crippen LogP contribution in [0.2, 0.25) is 0 Å². The normalized spacial score (nSPS) is 10.5. The molecule has 2 amide bonds. The van der Waals surface area contributed by atoms with Gasteiger partial charge in [-0.25, -0.2) is 4.79 Å². The monoisotopic (exact) mass is 426 g/mol. The van der Waals surface area contributed by atoms with Crippen LogP contribution in [-0.2, 0) is 4.74 Å². The van der Waals surface area contributed by atoms with Crippen molar-refractivity contribution in [1.29, 1.82) is 0 Å². The number of amides is 2. The molecule has 0 fully saturated rings. The van der Waals surface area contributed by atoms with Gasteiger partial charge in [0.2, 0.25) is 0 Å². The summed E-state index contributed by atoms with van der Waals surface area (Å²) in [5, 5.41) is 3.28. The molecule has 2 aromatic heterocycles. The van der Waals surface area contributed by atoms with E-state index in [-0.39, 0.29) is 24.2 Å². The Morgan fingerprint density at radius 1 is 1.13 bits per heavy atom. The molecule has 7 nitrogen and oxygen atoms in total. The minimum absolute atomic E-state index is 0.187. The molecule has 1 aromatic carbocycles. The first kappa shape index (κ1) is 21.3. The van der Waals surface area contributed by atoms with Crippen molar-refractivity contribution in [3.05, 3.63) is 70.5 Å². The molecular formula is C22H22N2O5S. The quantitative estimate of drug-likeness (QED) is 0.551. The van der Waals surface area contributed by atoms with Crippen LogP contribution in [0.1, 0.15) is 50.0 Å². The highest BCUT2D eigenvalue weighted by Crippen LogP contribution is 2.31. The van der Waals surface area contributed by atoms with Gasteiger partial charge in [-0.2, -0.15) is 0 Å². The number of para-hydroxylation sites is 1. The smallest absolute Gasteiger partial charge is 0.340 e. The van der Waals surface area contributed by atoms with Gasteiger partial charge in [0, 0.05) is 6.54 Å². The van der Waals surface area contributed by atoms with Crippen molar-refractivity contribution in [3.63, 3.8) is 0 Å². The Labute approximate surface area is 178 Å². The lowest BCUT2D eigenvalue weighted by Gasteiger charge is -2.23. The van der Waals surface area contributed by atoms with Crippen LogP contribution >= 0.6 is 11.3 Å². The lowest BCUT2D eigenvalue weighted by Crippen LogP contribution is -2.32. The van der Waals surface area contributed by atoms with E-state index in [9.17, 15) is 14.4 Å². The Bertz CT molecular complexity index is 1060. The SMILES string of the molecule is CCOC(=O)c1ccccc1N(CC)C(=O)c1sc(NC(=O)c2ccco2)cc1C. The van der Waals surface area contributed by atoms with Gasteiger partial charge in [0.1, 0.15) is 0 Å². The van der Waals surface area contributed by atoms with Crippen molar-refractivity contribution in [2.24, 2.45) is 0 Å². The third-order valence-electron chi connectivity index (χ3n) is 4.35. The molecule has 30 heavy (non-hydrogen) atoms. The number of nitrogens with one attached hydrogen (secondary N) is 1. The second-order valence-corrected chi connectivity index (χ2v) is 7.39. The Morgan fingerprint density at radius 3 is 2.57 bits per heavy atom. The molecule has 0 bridgehead atoms. The molecule has 0 radical (unpaired) electrons. The van der Waals surface area contributed by atoms with Crippen molar-refractivity contribution in [2.45, 2.75) is 20.8 Å². The first-order valence-corrected chi connectivity index (χ1v) is 10.3. The van der Waals surface area contributed by atoms with E-state index in [1.165, 1.54) is 22.5 Å². The predicted octanol–water partition coefficient (Wildman–Crippen LogP) is 4.75. The first-order valence-electron chi connectivity index (χ1n) is 9.49. The molecule has 8 heteroatoms. The minimum Gasteiger partial charge on any atom is -0.462 e. The molecule has 0 aliphatic carbocycles. The van der Waals surface area contributed by atoms with Gasteiger partial charge in [0.15, 0.2) is 5.76 Å². The number of carbonyl (C=O) groups excluding carboxylic acids is 3. The van der Waals surface area contributed by atoms with Crippen LogP contribution in [0.25, 0.3) is 0 Å². The molecule has 0 unspecified atom stereocenters. The van der Waals surface area contributed by atoms with E-state index in [2.05, 4.69) is 5.32 Å². The van der Waals surface area contributed by atoms with Gasteiger partial charge < -0.3 is 19.4 Å². The summed E-state index contributed by atoms with van der Waals surface area (Å²) in [6, 6.07) is 11.8. The summed E-state index contributed by atoms with van der Waals surface area (Å²) in [6.07, 6.45) is 1.42. The van der Waals surface area contributed by atoms with Gasteiger partial charge in [-0.3, -0.25) is 9.59 Å². The molecule has 0 spiro atoms. The number of hydrogen-bond acceptors (Lipinski definition) is 6. The molecule has 2 heterocycles. The average molecular weight is 426 g/mol. The summed E-state index contributed by atoms with van der Waals surface area (Å²) in [7, 11) is 0. The standard InChI is InChI=1S/C22H22N2O5S/c1-4-24(16-10-7-6-9-15(16)22(27)28-5-2)21(26)19-14(3)13-18(30-19)23-20(25)17-11-8-12-29-17/h6-13H,4-5H2,1-3H3,(H,23,25). The van der Waals surface area contributed by atoms with Crippen molar-refractivity contribution in [3.8, 4) is 0 Å². The maximum Gasteiger partial charge on any atom is 0.340 e. The van der Waals surface area contributed by atoms with E-state index in [1.807, 2.05) is 6.92 Å². The van der Waals surface area contributed by atoms with Gasteiger partial charge in [0.05, 0.1) is 34.0 Å². The summed E-state index contributed by atoms with van der Waals surface area (Å²) in [5.41, 5.74) is 1.54. The molecule has 0 atom stereocenters. The lowest BCUT2D eigenvalue weighted by molar-refractivity contribution is 0.0527. The lowest BCUT2D eigenvalue weighted by atomic mass is 10.1. The maximum absolute atomic E-state index is 13.3. The Morgan fingerprint density at radius 2 is 1.90 bits per heavy atom. The number of thiophene rings is 1. The fraction of sp³-hybridized carbons (Fsp3) is 0.227. The number of benzene rings is 1. The van der Waals surface area contributed by atoms with Crippen LogP contribution < -0.4 is 10.2 Å². The van der Waals surface area contributed by atoms with E-state index in [0.717, 1.165) is 5.56 Å². The molecule has 156 valence electrons. The van der Waals surface area contributed by atoms with Crippen molar-refractivity contribution >= 4 is 39.8 Å². The van der Waals surface area contributed by atoms with Crippen LogP contribution in [0.5, 0.6) is 0 Å². The van der Waals surface area contributed by atoms with Crippen LogP contribution in [0, 0.1) is 6.92 Å². The van der Waals surface area contributed by atoms with Crippen LogP contribution in [-0.4, -0.2) is 30.9 Å². The first-order chi connectivity index (χ1) is 14.5. The van der Waals surface area contributed by atoms with Crippen molar-refractivity contribution < 1.29 is 23.5 Å². The van der Waals surface area contributed by atoms with Gasteiger partial charge in [-0.05, 0) is 56.7 Å². The third kappa shape index (κ3) is 4.44. The van der Waals surface area contributed by atoms with Crippen molar-refractivity contribution in [2.75, 3.05) is 23.4 Å². The molecule has 1 N–H and O–H groups in total. The number of nitrogens with zero attached hydrogens (tertiary/aromatic N) is 1. The van der Waals surface area contributed by atoms with Gasteiger partial charge >= 0.3 is 5.97 Å². The number of esters is 1. The Kier molecular flexibility index (Phi) is 6.68. The molecule has 0 saturated carbocycles. The van der Waals surface area contributed by atoms with E-state index in [1.54, 1.807) is 56.3 Å². The molecule has 0 aliphatic heterocycles. The molecule has 0 aliphatic rings. The van der Waals surface area contributed by atoms with E-state index >= 15 is 0 Å². The molecular weight excluding hydrogens is 404 g/mol. The van der Waals surface area contributed by atoms with Crippen molar-refractivity contribution in [1.82, 2.24) is 0 Å². The van der Waals surface area contributed by atoms with Gasteiger partial charge in [-0.1, -0.05) is 12.1 Å². The zero-order valence-corrected chi connectivity index (χ0v) is 17.7. The predicted molar refractivity (Wildman–Crippen MR) is 115 cm³/mol. The number of anilines is 2. The highest BCUT2D eigenvalue weighted by molar-refractivity contribution is 7.18. The number of furan rings is 1. The third-order valence-corrected chi connectivity index (χ3v) is 5.49. The van der Waals surface area contributed by atoms with E-state index in [4.69, 9.17) is 9.15 Å². The Hall–Kier alpha value is -3.39. The van der Waals surface area contributed by atoms with E-state index in [0.29, 0.717) is 27.7 Å². The summed E-state index contributed by atoms with van der Waals surface area (Å²) in [6.45, 7) is 5.98. The molecule has 3 aromatic rings. The van der Waals surface area contributed by atoms with Gasteiger partial charge in [-0.15, -0.1) is 11.3 Å². The Balaban J connectivity index is 1.88. The second kappa shape index (κ2) is 9.41. The van der Waals surface area contributed by atoms with Gasteiger partial charge in [0.25, 0.3) is 11.8 Å². The van der Waals surface area contributed by atoms with Crippen LogP contribution in [0.4, 0.5) is 10.7 Å². The zero-order valence-electron chi connectivity index (χ0n) is 16.9. The second-order valence-electron chi connectivity index (χ2n) is 6.34. The topological polar surface area (TPSA) is 88.9 Å². The summed E-state index contributed by atoms with van der Waals surface area (Å²) in [5.74, 6) is -0.934. The fourth-order valence-corrected chi connectivity index (χ4v) is 3.99. The fourth-order valence-electron chi connectivity index (χ4n) is 2.97. The number of aryl methyl sites for hydroxylation is 1. The zero-order chi connectivity index (χ0) is 21.7. The summed E-state index contributed by atoms with van der Waals surface area (Å²) >= 11 is 1.18. The minimum atomic E-state index is -0.478. The summed E-state index contributed by atoms with van der Waals surface area (Å²) in [4.78, 5) is 39.9. The molecule has 3 rings (SSSR count). The molecule has 0 saturated heterocycles. The number of rotatable bonds is 7. The highest BCUT2D eigenvalue weighted by atomic mass is 32.1. The van der Waals surface area contributed by atoms with E-state index < -0.39 is 5.97 Å². The largest absolute Gasteiger partial charge is 0.462 e.